The fraction of sp³-hybridized carbons (Fsp3) is 0.436. The number of nitrogens with one attached hydrogen (secondary N) is 3. The van der Waals surface area contributed by atoms with E-state index >= 15 is 0 Å². The number of methoxy groups -OCH3 is 2. The molecule has 2 aliphatic heterocycles. The van der Waals surface area contributed by atoms with E-state index in [1.54, 1.807) is 43.2 Å². The largest absolute Gasteiger partial charge is 0.465 e. The van der Waals surface area contributed by atoms with Gasteiger partial charge in [-0.05, 0) is 51.7 Å². The lowest BCUT2D eigenvalue weighted by molar-refractivity contribution is -0.136. The number of alkyl carbamates (subject to hydrolysis) is 1. The number of hydrogen-bond donors (Lipinski definition) is 4. The zero-order chi connectivity index (χ0) is 39.0. The van der Waals surface area contributed by atoms with Crippen LogP contribution in [0.15, 0.2) is 48.8 Å². The number of rotatable bonds is 11. The fourth-order valence-electron chi connectivity index (χ4n) is 7.91. The molecule has 2 aliphatic rings. The number of ether oxygens (including phenoxy) is 2. The molecule has 3 aromatic heterocycles. The lowest BCUT2D eigenvalue weighted by Gasteiger charge is -2.29. The van der Waals surface area contributed by atoms with Gasteiger partial charge in [-0.3, -0.25) is 14.5 Å². The summed E-state index contributed by atoms with van der Waals surface area (Å²) in [5.41, 5.74) is 5.59. The summed E-state index contributed by atoms with van der Waals surface area (Å²) < 4.78 is 12.4. The summed E-state index contributed by atoms with van der Waals surface area (Å²) in [5, 5.41) is 14.2. The van der Waals surface area contributed by atoms with E-state index in [4.69, 9.17) is 14.7 Å². The maximum Gasteiger partial charge on any atom is 0.407 e. The van der Waals surface area contributed by atoms with Crippen molar-refractivity contribution in [2.24, 2.45) is 0 Å². The molecule has 0 spiro atoms. The number of aromatic amines is 2. The Balaban J connectivity index is 1.16. The van der Waals surface area contributed by atoms with Crippen LogP contribution in [0.3, 0.4) is 0 Å². The number of H-pyrrole nitrogens is 2. The normalized spacial score (nSPS) is 18.2. The van der Waals surface area contributed by atoms with Crippen molar-refractivity contribution in [3.05, 3.63) is 60.4 Å². The summed E-state index contributed by atoms with van der Waals surface area (Å²) in [6, 6.07) is 10.6. The van der Waals surface area contributed by atoms with E-state index in [0.29, 0.717) is 37.9 Å². The number of hydrogen-bond acceptors (Lipinski definition) is 8. The minimum absolute atomic E-state index is 0.188. The Morgan fingerprint density at radius 2 is 1.40 bits per heavy atom. The van der Waals surface area contributed by atoms with Crippen LogP contribution < -0.4 is 5.32 Å². The summed E-state index contributed by atoms with van der Waals surface area (Å²) in [6.07, 6.45) is 4.91. The van der Waals surface area contributed by atoms with E-state index in [1.807, 2.05) is 0 Å². The maximum absolute atomic E-state index is 13.3. The molecular formula is C39H47N9O7. The molecule has 0 bridgehead atoms. The zero-order valence-electron chi connectivity index (χ0n) is 31.7. The number of aromatic nitrogens is 5. The molecule has 16 nitrogen and oxygen atoms in total. The highest BCUT2D eigenvalue weighted by atomic mass is 16.5. The van der Waals surface area contributed by atoms with Crippen LogP contribution in [0.2, 0.25) is 0 Å². The van der Waals surface area contributed by atoms with Gasteiger partial charge in [-0.1, -0.05) is 24.3 Å². The summed E-state index contributed by atoms with van der Waals surface area (Å²) in [5.74, 6) is 0.941. The Labute approximate surface area is 317 Å². The van der Waals surface area contributed by atoms with Crippen molar-refractivity contribution in [2.45, 2.75) is 70.2 Å². The molecule has 0 saturated carbocycles. The van der Waals surface area contributed by atoms with Crippen molar-refractivity contribution >= 4 is 45.8 Å². The van der Waals surface area contributed by atoms with Crippen molar-refractivity contribution in [3.8, 4) is 22.5 Å². The molecule has 5 aromatic rings. The van der Waals surface area contributed by atoms with Gasteiger partial charge in [-0.15, -0.1) is 0 Å². The third-order valence-electron chi connectivity index (χ3n) is 11.0. The second kappa shape index (κ2) is 15.5. The Morgan fingerprint density at radius 3 is 1.89 bits per heavy atom. The van der Waals surface area contributed by atoms with Gasteiger partial charge in [0.05, 0.1) is 49.6 Å². The molecule has 4 atom stereocenters. The van der Waals surface area contributed by atoms with Crippen molar-refractivity contribution in [2.75, 3.05) is 41.0 Å². The molecule has 0 aliphatic carbocycles. The van der Waals surface area contributed by atoms with Gasteiger partial charge < -0.3 is 44.2 Å². The van der Waals surface area contributed by atoms with Crippen molar-refractivity contribution in [1.29, 1.82) is 0 Å². The first-order chi connectivity index (χ1) is 26.5. The minimum atomic E-state index is -1.15. The summed E-state index contributed by atoms with van der Waals surface area (Å²) in [6.45, 7) is 5.49. The molecule has 0 unspecified atom stereocenters. The van der Waals surface area contributed by atoms with Crippen LogP contribution in [0.5, 0.6) is 0 Å². The average Bonchev–Trinajstić information content (AvgIpc) is 4.04. The molecule has 290 valence electrons. The van der Waals surface area contributed by atoms with Crippen LogP contribution in [0.4, 0.5) is 9.59 Å². The maximum atomic E-state index is 13.3. The molecule has 5 heterocycles. The first-order valence-corrected chi connectivity index (χ1v) is 18.6. The van der Waals surface area contributed by atoms with E-state index in [-0.39, 0.29) is 23.9 Å². The third-order valence-corrected chi connectivity index (χ3v) is 11.0. The van der Waals surface area contributed by atoms with Crippen LogP contribution in [-0.2, 0) is 25.6 Å². The van der Waals surface area contributed by atoms with E-state index in [0.717, 1.165) is 74.9 Å². The van der Waals surface area contributed by atoms with Gasteiger partial charge in [0.2, 0.25) is 11.8 Å². The van der Waals surface area contributed by atoms with Gasteiger partial charge in [0.1, 0.15) is 23.7 Å². The first-order valence-electron chi connectivity index (χ1n) is 18.6. The molecule has 4 amide bonds. The Bertz CT molecular complexity index is 2240. The Kier molecular flexibility index (Phi) is 10.5. The van der Waals surface area contributed by atoms with Crippen LogP contribution >= 0.6 is 0 Å². The molecular weight excluding hydrogens is 706 g/mol. The number of carbonyl (C=O) groups excluding carboxylic acids is 3. The van der Waals surface area contributed by atoms with Crippen LogP contribution in [0, 0.1) is 0 Å². The minimum Gasteiger partial charge on any atom is -0.465 e. The number of nitrogens with zero attached hydrogens (tertiary/aromatic N) is 6. The number of likely N-dealkylation sites (N-methyl/N-ethyl adjacent to an activating group) is 1. The van der Waals surface area contributed by atoms with Crippen molar-refractivity contribution in [3.63, 3.8) is 0 Å². The molecule has 55 heavy (non-hydrogen) atoms. The standard InChI is InChI=1S/C39H47N9O7/c1-22(42-38(51)55-5)36(49)47-14-6-8-30(47)34-40-20-28(43-34)24-10-12-26-27-13-11-25(19-33(27)46(16-17-54-4)32(26)18-24)29-21-41-35(44-29)31-9-7-15-48(31)37(50)23(2)45(3)39(52)53/h10-13,18-23,30-31H,6-9,14-17H2,1-5H3,(H,40,43)(H,41,44)(H,42,51)(H,52,53)/t22-,23-,30-,31-/m0/s1. The molecule has 16 heteroatoms. The monoisotopic (exact) mass is 753 g/mol. The number of carbonyl (C=O) groups is 4. The number of likely N-dealkylation sites (tertiary alicyclic amines) is 2. The SMILES string of the molecule is COCCn1c2cc(-c3cnc([C@@H]4CCCN4C(=O)[C@H](C)NC(=O)OC)[nH]3)ccc2c2ccc(-c3cnc([C@@H]4CCCN4C(=O)[C@H](C)N(C)C(=O)O)[nH]3)cc21. The Hall–Kier alpha value is -5.90. The van der Waals surface area contributed by atoms with Gasteiger partial charge in [0.15, 0.2) is 0 Å². The van der Waals surface area contributed by atoms with Crippen LogP contribution in [0.25, 0.3) is 44.3 Å². The highest BCUT2D eigenvalue weighted by Gasteiger charge is 2.37. The zero-order valence-corrected chi connectivity index (χ0v) is 31.7. The second-order valence-electron chi connectivity index (χ2n) is 14.3. The number of carboxylic acid groups (broad SMARTS) is 1. The van der Waals surface area contributed by atoms with Gasteiger partial charge >= 0.3 is 12.2 Å². The number of fused-ring (bicyclic) bond motifs is 3. The van der Waals surface area contributed by atoms with Crippen molar-refractivity contribution in [1.82, 2.24) is 44.5 Å². The van der Waals surface area contributed by atoms with E-state index in [1.165, 1.54) is 14.2 Å². The summed E-state index contributed by atoms with van der Waals surface area (Å²) in [4.78, 5) is 70.7. The first kappa shape index (κ1) is 37.4. The average molecular weight is 754 g/mol. The number of imidazole rings is 2. The Morgan fingerprint density at radius 1 is 0.873 bits per heavy atom. The van der Waals surface area contributed by atoms with E-state index in [2.05, 4.69) is 61.0 Å². The lowest BCUT2D eigenvalue weighted by atomic mass is 10.1. The topological polar surface area (TPSA) is 191 Å². The third kappa shape index (κ3) is 7.09. The quantitative estimate of drug-likeness (QED) is 0.139. The van der Waals surface area contributed by atoms with E-state index < -0.39 is 24.3 Å². The molecule has 7 rings (SSSR count). The number of amides is 4. The molecule has 0 radical (unpaired) electrons. The van der Waals surface area contributed by atoms with Crippen LogP contribution in [-0.4, -0.2) is 121 Å². The van der Waals surface area contributed by atoms with E-state index in [9.17, 15) is 24.3 Å². The highest BCUT2D eigenvalue weighted by molar-refractivity contribution is 6.10. The summed E-state index contributed by atoms with van der Waals surface area (Å²) in [7, 11) is 4.36. The summed E-state index contributed by atoms with van der Waals surface area (Å²) >= 11 is 0. The van der Waals surface area contributed by atoms with Gasteiger partial charge in [0, 0.05) is 66.7 Å². The lowest BCUT2D eigenvalue weighted by Crippen LogP contribution is -2.47. The fourth-order valence-corrected chi connectivity index (χ4v) is 7.91. The van der Waals surface area contributed by atoms with Gasteiger partial charge in [-0.2, -0.15) is 0 Å². The smallest absolute Gasteiger partial charge is 0.407 e. The second-order valence-corrected chi connectivity index (χ2v) is 14.3. The van der Waals surface area contributed by atoms with Crippen LogP contribution in [0.1, 0.15) is 63.3 Å². The molecule has 2 saturated heterocycles. The van der Waals surface area contributed by atoms with Crippen molar-refractivity contribution < 1.29 is 33.8 Å². The van der Waals surface area contributed by atoms with Gasteiger partial charge in [-0.25, -0.2) is 19.6 Å². The molecule has 2 fully saturated rings. The number of benzene rings is 2. The van der Waals surface area contributed by atoms with Gasteiger partial charge in [0.25, 0.3) is 0 Å². The molecule has 4 N–H and O–H groups in total. The predicted molar refractivity (Wildman–Crippen MR) is 204 cm³/mol. The molecule has 2 aromatic carbocycles. The highest BCUT2D eigenvalue weighted by Crippen LogP contribution is 2.37. The predicted octanol–water partition coefficient (Wildman–Crippen LogP) is 5.29.